The summed E-state index contributed by atoms with van der Waals surface area (Å²) in [5, 5.41) is 10.8. The van der Waals surface area contributed by atoms with Crippen LogP contribution in [0.2, 0.25) is 0 Å². The molecule has 0 aromatic heterocycles. The molecule has 0 aliphatic carbocycles. The summed E-state index contributed by atoms with van der Waals surface area (Å²) in [5.41, 5.74) is -0.931. The smallest absolute Gasteiger partial charge is 0.313 e. The number of hydrogen-bond acceptors (Lipinski definition) is 4. The van der Waals surface area contributed by atoms with E-state index in [0.717, 1.165) is 12.3 Å². The van der Waals surface area contributed by atoms with Crippen LogP contribution in [0.15, 0.2) is 0 Å². The fourth-order valence-electron chi connectivity index (χ4n) is 1.30. The summed E-state index contributed by atoms with van der Waals surface area (Å²) >= 11 is 0. The molecular weight excluding hydrogens is 271 g/mol. The highest BCUT2D eigenvalue weighted by atomic mass is 32.2. The maximum absolute atomic E-state index is 12.2. The summed E-state index contributed by atoms with van der Waals surface area (Å²) in [6.07, 6.45) is -3.63. The standard InChI is InChI=1S/C9H16F3N3O2S/c1-8(2,15-18(3,16)17)6-14-5-7(4-13)9(10,11)12/h7,14-15H,5-6H2,1-3H3. The molecule has 0 aromatic rings. The minimum absolute atomic E-state index is 0.0195. The summed E-state index contributed by atoms with van der Waals surface area (Å²) in [6.45, 7) is 2.45. The van der Waals surface area contributed by atoms with Gasteiger partial charge in [0, 0.05) is 18.6 Å². The van der Waals surface area contributed by atoms with Crippen molar-refractivity contribution in [3.63, 3.8) is 0 Å². The molecule has 0 aliphatic heterocycles. The number of nitrogens with one attached hydrogen (secondary N) is 2. The molecule has 0 fully saturated rings. The molecule has 1 atom stereocenters. The van der Waals surface area contributed by atoms with Crippen molar-refractivity contribution in [2.24, 2.45) is 5.92 Å². The Morgan fingerprint density at radius 2 is 1.83 bits per heavy atom. The Balaban J connectivity index is 4.31. The van der Waals surface area contributed by atoms with E-state index in [9.17, 15) is 21.6 Å². The molecule has 5 nitrogen and oxygen atoms in total. The fourth-order valence-corrected chi connectivity index (χ4v) is 2.38. The van der Waals surface area contributed by atoms with Gasteiger partial charge >= 0.3 is 6.18 Å². The average molecular weight is 287 g/mol. The first kappa shape index (κ1) is 17.2. The van der Waals surface area contributed by atoms with Crippen molar-refractivity contribution in [3.8, 4) is 6.07 Å². The van der Waals surface area contributed by atoms with Gasteiger partial charge < -0.3 is 5.32 Å². The molecule has 0 amide bonds. The van der Waals surface area contributed by atoms with Gasteiger partial charge in [-0.1, -0.05) is 0 Å². The second kappa shape index (κ2) is 5.86. The topological polar surface area (TPSA) is 82.0 Å². The molecule has 0 saturated carbocycles. The van der Waals surface area contributed by atoms with Gasteiger partial charge in [0.05, 0.1) is 12.3 Å². The van der Waals surface area contributed by atoms with Gasteiger partial charge in [0.2, 0.25) is 10.0 Å². The normalized spacial score (nSPS) is 15.2. The van der Waals surface area contributed by atoms with Crippen molar-refractivity contribution in [2.75, 3.05) is 19.3 Å². The van der Waals surface area contributed by atoms with E-state index >= 15 is 0 Å². The summed E-state index contributed by atoms with van der Waals surface area (Å²) in [4.78, 5) is 0. The quantitative estimate of drug-likeness (QED) is 0.750. The number of nitrogens with zero attached hydrogens (tertiary/aromatic N) is 1. The second-order valence-electron chi connectivity index (χ2n) is 4.61. The first-order valence-corrected chi connectivity index (χ1v) is 6.92. The first-order valence-electron chi connectivity index (χ1n) is 5.03. The largest absolute Gasteiger partial charge is 0.405 e. The lowest BCUT2D eigenvalue weighted by Crippen LogP contribution is -2.51. The summed E-state index contributed by atoms with van der Waals surface area (Å²) in [6, 6.07) is 1.15. The van der Waals surface area contributed by atoms with Crippen LogP contribution in [0.3, 0.4) is 0 Å². The number of rotatable bonds is 6. The fraction of sp³-hybridized carbons (Fsp3) is 0.889. The highest BCUT2D eigenvalue weighted by Gasteiger charge is 2.39. The molecule has 2 N–H and O–H groups in total. The Hall–Kier alpha value is -0.850. The van der Waals surface area contributed by atoms with Crippen LogP contribution in [0.5, 0.6) is 0 Å². The van der Waals surface area contributed by atoms with Gasteiger partial charge in [-0.25, -0.2) is 13.1 Å². The van der Waals surface area contributed by atoms with Crippen LogP contribution >= 0.6 is 0 Å². The zero-order valence-corrected chi connectivity index (χ0v) is 11.1. The third-order valence-electron chi connectivity index (χ3n) is 1.93. The Labute approximate surface area is 104 Å². The van der Waals surface area contributed by atoms with Gasteiger partial charge in [0.25, 0.3) is 0 Å². The number of nitriles is 1. The predicted molar refractivity (Wildman–Crippen MR) is 60.1 cm³/mol. The van der Waals surface area contributed by atoms with Crippen molar-refractivity contribution in [2.45, 2.75) is 25.6 Å². The molecule has 0 bridgehead atoms. The maximum Gasteiger partial charge on any atom is 0.405 e. The molecule has 0 spiro atoms. The molecule has 18 heavy (non-hydrogen) atoms. The van der Waals surface area contributed by atoms with Gasteiger partial charge in [-0.15, -0.1) is 0 Å². The molecule has 0 aliphatic rings. The molecule has 0 heterocycles. The lowest BCUT2D eigenvalue weighted by Gasteiger charge is -2.26. The minimum Gasteiger partial charge on any atom is -0.313 e. The van der Waals surface area contributed by atoms with E-state index in [0.29, 0.717) is 0 Å². The number of sulfonamides is 1. The number of halogens is 3. The van der Waals surface area contributed by atoms with Crippen LogP contribution in [0.4, 0.5) is 13.2 Å². The second-order valence-corrected chi connectivity index (χ2v) is 6.36. The predicted octanol–water partition coefficient (Wildman–Crippen LogP) is 0.606. The monoisotopic (exact) mass is 287 g/mol. The van der Waals surface area contributed by atoms with Gasteiger partial charge in [0.15, 0.2) is 5.92 Å². The maximum atomic E-state index is 12.2. The first-order chi connectivity index (χ1) is 7.87. The zero-order chi connectivity index (χ0) is 14.6. The lowest BCUT2D eigenvalue weighted by molar-refractivity contribution is -0.157. The van der Waals surface area contributed by atoms with Crippen LogP contribution in [-0.4, -0.2) is 39.5 Å². The molecule has 0 saturated heterocycles. The van der Waals surface area contributed by atoms with Crippen LogP contribution in [0.1, 0.15) is 13.8 Å². The van der Waals surface area contributed by atoms with E-state index in [1.54, 1.807) is 0 Å². The SMILES string of the molecule is CC(C)(CNCC(C#N)C(F)(F)F)NS(C)(=O)=O. The zero-order valence-electron chi connectivity index (χ0n) is 10.3. The molecule has 0 aromatic carbocycles. The van der Waals surface area contributed by atoms with E-state index in [4.69, 9.17) is 5.26 Å². The van der Waals surface area contributed by atoms with Gasteiger partial charge in [-0.3, -0.25) is 0 Å². The molecule has 0 radical (unpaired) electrons. The highest BCUT2D eigenvalue weighted by molar-refractivity contribution is 7.88. The number of alkyl halides is 3. The van der Waals surface area contributed by atoms with Crippen molar-refractivity contribution < 1.29 is 21.6 Å². The highest BCUT2D eigenvalue weighted by Crippen LogP contribution is 2.24. The number of hydrogen-bond donors (Lipinski definition) is 2. The van der Waals surface area contributed by atoms with E-state index in [2.05, 4.69) is 10.0 Å². The van der Waals surface area contributed by atoms with Crippen LogP contribution < -0.4 is 10.0 Å². The van der Waals surface area contributed by atoms with Crippen molar-refractivity contribution in [1.29, 1.82) is 5.26 Å². The van der Waals surface area contributed by atoms with Crippen molar-refractivity contribution in [3.05, 3.63) is 0 Å². The van der Waals surface area contributed by atoms with E-state index in [1.165, 1.54) is 13.8 Å². The lowest BCUT2D eigenvalue weighted by atomic mass is 10.1. The minimum atomic E-state index is -4.59. The van der Waals surface area contributed by atoms with Crippen LogP contribution in [0.25, 0.3) is 0 Å². The van der Waals surface area contributed by atoms with E-state index in [-0.39, 0.29) is 6.54 Å². The molecule has 1 unspecified atom stereocenters. The summed E-state index contributed by atoms with van der Waals surface area (Å²) < 4.78 is 61.0. The van der Waals surface area contributed by atoms with Gasteiger partial charge in [-0.05, 0) is 13.8 Å². The van der Waals surface area contributed by atoms with Crippen molar-refractivity contribution >= 4 is 10.0 Å². The molecular formula is C9H16F3N3O2S. The third kappa shape index (κ3) is 7.47. The Kier molecular flexibility index (Phi) is 5.58. The van der Waals surface area contributed by atoms with E-state index in [1.807, 2.05) is 0 Å². The van der Waals surface area contributed by atoms with Crippen LogP contribution in [-0.2, 0) is 10.0 Å². The summed E-state index contributed by atoms with van der Waals surface area (Å²) in [5.74, 6) is -2.11. The third-order valence-corrected chi connectivity index (χ3v) is 2.85. The van der Waals surface area contributed by atoms with E-state index < -0.39 is 34.2 Å². The Morgan fingerprint density at radius 3 is 2.17 bits per heavy atom. The molecule has 0 rings (SSSR count). The van der Waals surface area contributed by atoms with Crippen LogP contribution in [0, 0.1) is 17.2 Å². The average Bonchev–Trinajstić information content (AvgIpc) is 2.05. The van der Waals surface area contributed by atoms with Gasteiger partial charge in [0.1, 0.15) is 0 Å². The summed E-state index contributed by atoms with van der Waals surface area (Å²) in [7, 11) is -3.44. The van der Waals surface area contributed by atoms with Gasteiger partial charge in [-0.2, -0.15) is 18.4 Å². The Morgan fingerprint density at radius 1 is 1.33 bits per heavy atom. The van der Waals surface area contributed by atoms with Crippen molar-refractivity contribution in [1.82, 2.24) is 10.0 Å². The Bertz CT molecular complexity index is 412. The molecule has 106 valence electrons. The molecule has 9 heteroatoms.